The maximum atomic E-state index is 9.75. The predicted molar refractivity (Wildman–Crippen MR) is 129 cm³/mol. The minimum Gasteiger partial charge on any atom is -0.508 e. The predicted octanol–water partition coefficient (Wildman–Crippen LogP) is 5.55. The summed E-state index contributed by atoms with van der Waals surface area (Å²) in [5.74, 6) is 1.17. The first-order valence-corrected chi connectivity index (χ1v) is 11.1. The monoisotopic (exact) mass is 420 g/mol. The molecule has 1 aliphatic rings. The van der Waals surface area contributed by atoms with Crippen LogP contribution in [0.25, 0.3) is 44.5 Å². The quantitative estimate of drug-likeness (QED) is 0.402. The minimum absolute atomic E-state index is 0.259. The van der Waals surface area contributed by atoms with Crippen molar-refractivity contribution < 1.29 is 5.11 Å². The Morgan fingerprint density at radius 3 is 2.38 bits per heavy atom. The number of fused-ring (bicyclic) bond motifs is 2. The minimum atomic E-state index is 0.259. The Labute approximate surface area is 186 Å². The third-order valence-electron chi connectivity index (χ3n) is 6.41. The molecule has 0 aliphatic carbocycles. The number of phenolic OH excluding ortho intramolecular Hbond substituents is 1. The van der Waals surface area contributed by atoms with Crippen LogP contribution in [0, 0.1) is 0 Å². The number of hydrogen-bond donors (Lipinski definition) is 2. The number of nitrogens with zero attached hydrogens (tertiary/aromatic N) is 3. The topological polar surface area (TPSA) is 63.0 Å². The molecule has 158 valence electrons. The third kappa shape index (κ3) is 3.31. The van der Waals surface area contributed by atoms with Gasteiger partial charge in [0, 0.05) is 23.4 Å². The molecule has 1 fully saturated rings. The van der Waals surface area contributed by atoms with E-state index >= 15 is 0 Å². The molecule has 0 atom stereocenters. The molecule has 3 heterocycles. The summed E-state index contributed by atoms with van der Waals surface area (Å²) in [7, 11) is 0. The smallest absolute Gasteiger partial charge is 0.160 e. The van der Waals surface area contributed by atoms with E-state index in [4.69, 9.17) is 9.97 Å². The molecule has 0 amide bonds. The van der Waals surface area contributed by atoms with Gasteiger partial charge in [-0.3, -0.25) is 0 Å². The van der Waals surface area contributed by atoms with Crippen LogP contribution in [0.4, 0.5) is 0 Å². The second-order valence-corrected chi connectivity index (χ2v) is 8.46. The molecular formula is C27H24N4O. The van der Waals surface area contributed by atoms with Gasteiger partial charge < -0.3 is 15.0 Å². The van der Waals surface area contributed by atoms with Crippen molar-refractivity contribution in [2.75, 3.05) is 13.1 Å². The highest BCUT2D eigenvalue weighted by Crippen LogP contribution is 2.34. The molecule has 2 aromatic heterocycles. The number of piperidine rings is 1. The van der Waals surface area contributed by atoms with E-state index in [-0.39, 0.29) is 5.75 Å². The van der Waals surface area contributed by atoms with E-state index in [0.29, 0.717) is 6.04 Å². The zero-order valence-corrected chi connectivity index (χ0v) is 17.7. The lowest BCUT2D eigenvalue weighted by molar-refractivity contribution is 0.376. The Hall–Kier alpha value is -3.70. The van der Waals surface area contributed by atoms with E-state index in [1.807, 2.05) is 18.3 Å². The van der Waals surface area contributed by atoms with E-state index in [0.717, 1.165) is 59.6 Å². The van der Waals surface area contributed by atoms with Gasteiger partial charge in [0.05, 0.1) is 0 Å². The van der Waals surface area contributed by atoms with Crippen LogP contribution in [0.3, 0.4) is 0 Å². The van der Waals surface area contributed by atoms with Crippen LogP contribution in [0.2, 0.25) is 0 Å². The molecule has 32 heavy (non-hydrogen) atoms. The molecule has 5 aromatic rings. The highest BCUT2D eigenvalue weighted by atomic mass is 16.3. The number of hydrogen-bond acceptors (Lipinski definition) is 4. The SMILES string of the molecule is Oc1ccc(-c2nc3cc(-c4ccc5ccccc5c4)cnc3n2C2CCNCC2)cc1. The average Bonchev–Trinajstić information content (AvgIpc) is 3.23. The van der Waals surface area contributed by atoms with E-state index in [1.165, 1.54) is 10.8 Å². The summed E-state index contributed by atoms with van der Waals surface area (Å²) >= 11 is 0. The lowest BCUT2D eigenvalue weighted by Crippen LogP contribution is -2.29. The van der Waals surface area contributed by atoms with Gasteiger partial charge in [0.15, 0.2) is 5.65 Å². The van der Waals surface area contributed by atoms with Crippen molar-refractivity contribution in [2.45, 2.75) is 18.9 Å². The first kappa shape index (κ1) is 19.0. The fourth-order valence-corrected chi connectivity index (χ4v) is 4.73. The lowest BCUT2D eigenvalue weighted by Gasteiger charge is -2.26. The number of pyridine rings is 1. The maximum Gasteiger partial charge on any atom is 0.160 e. The van der Waals surface area contributed by atoms with Gasteiger partial charge in [-0.1, -0.05) is 36.4 Å². The summed E-state index contributed by atoms with van der Waals surface area (Å²) in [6.07, 6.45) is 4.06. The third-order valence-corrected chi connectivity index (χ3v) is 6.41. The van der Waals surface area contributed by atoms with Crippen molar-refractivity contribution in [1.82, 2.24) is 19.9 Å². The Morgan fingerprint density at radius 1 is 0.812 bits per heavy atom. The largest absolute Gasteiger partial charge is 0.508 e. The molecule has 0 saturated carbocycles. The number of imidazole rings is 1. The fourth-order valence-electron chi connectivity index (χ4n) is 4.73. The van der Waals surface area contributed by atoms with Crippen molar-refractivity contribution in [3.8, 4) is 28.3 Å². The average molecular weight is 421 g/mol. The molecule has 0 radical (unpaired) electrons. The second kappa shape index (κ2) is 7.77. The summed E-state index contributed by atoms with van der Waals surface area (Å²) < 4.78 is 2.30. The first-order valence-electron chi connectivity index (χ1n) is 11.1. The van der Waals surface area contributed by atoms with Crippen LogP contribution in [-0.2, 0) is 0 Å². The van der Waals surface area contributed by atoms with Crippen LogP contribution in [-0.4, -0.2) is 32.7 Å². The number of aromatic nitrogens is 3. The zero-order chi connectivity index (χ0) is 21.5. The van der Waals surface area contributed by atoms with Gasteiger partial charge in [-0.25, -0.2) is 9.97 Å². The van der Waals surface area contributed by atoms with Crippen molar-refractivity contribution >= 4 is 21.9 Å². The Balaban J connectivity index is 1.51. The Bertz CT molecular complexity index is 1420. The number of rotatable bonds is 3. The van der Waals surface area contributed by atoms with Gasteiger partial charge in [-0.2, -0.15) is 0 Å². The molecule has 0 bridgehead atoms. The van der Waals surface area contributed by atoms with Gasteiger partial charge in [-0.05, 0) is 78.7 Å². The molecule has 5 heteroatoms. The zero-order valence-electron chi connectivity index (χ0n) is 17.7. The van der Waals surface area contributed by atoms with Gasteiger partial charge in [-0.15, -0.1) is 0 Å². The van der Waals surface area contributed by atoms with Crippen molar-refractivity contribution in [3.63, 3.8) is 0 Å². The summed E-state index contributed by atoms with van der Waals surface area (Å²) in [6.45, 7) is 1.99. The molecule has 6 rings (SSSR count). The lowest BCUT2D eigenvalue weighted by atomic mass is 10.0. The first-order chi connectivity index (χ1) is 15.8. The summed E-state index contributed by atoms with van der Waals surface area (Å²) in [4.78, 5) is 9.94. The highest BCUT2D eigenvalue weighted by Gasteiger charge is 2.23. The summed E-state index contributed by atoms with van der Waals surface area (Å²) in [5.41, 5.74) is 5.02. The molecule has 5 nitrogen and oxygen atoms in total. The van der Waals surface area contributed by atoms with Crippen LogP contribution in [0.5, 0.6) is 5.75 Å². The van der Waals surface area contributed by atoms with Gasteiger partial charge in [0.25, 0.3) is 0 Å². The number of benzene rings is 3. The van der Waals surface area contributed by atoms with Crippen molar-refractivity contribution in [2.24, 2.45) is 0 Å². The van der Waals surface area contributed by atoms with Gasteiger partial charge in [0.1, 0.15) is 17.1 Å². The van der Waals surface area contributed by atoms with Gasteiger partial charge >= 0.3 is 0 Å². The maximum absolute atomic E-state index is 9.75. The Morgan fingerprint density at radius 2 is 1.56 bits per heavy atom. The standard InChI is InChI=1S/C27H24N4O/c32-24-9-7-19(8-10-24)26-30-25-16-22(21-6-5-18-3-1-2-4-20(18)15-21)17-29-27(25)31(26)23-11-13-28-14-12-23/h1-10,15-17,23,28,32H,11-14H2. The van der Waals surface area contributed by atoms with Crippen LogP contribution in [0.15, 0.2) is 79.0 Å². The number of phenols is 1. The van der Waals surface area contributed by atoms with Crippen LogP contribution >= 0.6 is 0 Å². The van der Waals surface area contributed by atoms with Crippen molar-refractivity contribution in [1.29, 1.82) is 0 Å². The molecule has 3 aromatic carbocycles. The molecule has 0 unspecified atom stereocenters. The van der Waals surface area contributed by atoms with Gasteiger partial charge in [0.2, 0.25) is 0 Å². The van der Waals surface area contributed by atoms with E-state index in [9.17, 15) is 5.11 Å². The molecule has 1 aliphatic heterocycles. The number of nitrogens with one attached hydrogen (secondary N) is 1. The fraction of sp³-hybridized carbons (Fsp3) is 0.185. The van der Waals surface area contributed by atoms with E-state index in [1.54, 1.807) is 12.1 Å². The van der Waals surface area contributed by atoms with Crippen LogP contribution in [0.1, 0.15) is 18.9 Å². The number of aromatic hydroxyl groups is 1. The highest BCUT2D eigenvalue weighted by molar-refractivity contribution is 5.89. The normalized spacial score (nSPS) is 14.9. The van der Waals surface area contributed by atoms with Crippen LogP contribution < -0.4 is 5.32 Å². The van der Waals surface area contributed by atoms with Crippen molar-refractivity contribution in [3.05, 3.63) is 79.0 Å². The Kier molecular flexibility index (Phi) is 4.62. The second-order valence-electron chi connectivity index (χ2n) is 8.46. The van der Waals surface area contributed by atoms with E-state index < -0.39 is 0 Å². The molecule has 0 spiro atoms. The summed E-state index contributed by atoms with van der Waals surface area (Å²) in [6, 6.07) is 24.7. The van der Waals surface area contributed by atoms with E-state index in [2.05, 4.69) is 58.4 Å². The summed E-state index contributed by atoms with van der Waals surface area (Å²) in [5, 5.41) is 15.6. The molecule has 2 N–H and O–H groups in total. The molecular weight excluding hydrogens is 396 g/mol. The molecule has 1 saturated heterocycles.